The molecule has 0 saturated carbocycles. The van der Waals surface area contributed by atoms with Gasteiger partial charge in [0, 0.05) is 0 Å². The van der Waals surface area contributed by atoms with Crippen LogP contribution in [0.25, 0.3) is 0 Å². The zero-order valence-corrected chi connectivity index (χ0v) is 27.4. The van der Waals surface area contributed by atoms with Gasteiger partial charge in [-0.1, -0.05) is 120 Å². The summed E-state index contributed by atoms with van der Waals surface area (Å²) in [4.78, 5) is 26.6. The molecule has 1 aliphatic rings. The molecule has 1 fully saturated rings. The Labute approximate surface area is 275 Å². The Morgan fingerprint density at radius 1 is 0.667 bits per heavy atom. The second kappa shape index (κ2) is 15.8. The van der Waals surface area contributed by atoms with E-state index in [2.05, 4.69) is 22.6 Å². The summed E-state index contributed by atoms with van der Waals surface area (Å²) in [6.07, 6.45) is -4.44. The van der Waals surface area contributed by atoms with Crippen LogP contribution in [-0.2, 0) is 45.6 Å². The van der Waals surface area contributed by atoms with E-state index >= 15 is 0 Å². The summed E-state index contributed by atoms with van der Waals surface area (Å²) in [5.41, 5.74) is 2.04. The number of ether oxygens (including phenoxy) is 3. The normalized spacial score (nSPS) is 21.5. The van der Waals surface area contributed by atoms with E-state index in [1.165, 1.54) is 0 Å². The van der Waals surface area contributed by atoms with Crippen molar-refractivity contribution < 1.29 is 41.9 Å². The molecule has 0 N–H and O–H groups in total. The van der Waals surface area contributed by atoms with Crippen molar-refractivity contribution in [3.05, 3.63) is 144 Å². The number of alkyl halides is 1. The van der Waals surface area contributed by atoms with Crippen molar-refractivity contribution in [3.8, 4) is 0 Å². The van der Waals surface area contributed by atoms with E-state index in [1.807, 2.05) is 60.7 Å². The molecule has 0 bridgehead atoms. The number of hydrogen-bond donors (Lipinski definition) is 0. The minimum absolute atomic E-state index is 0.0923. The van der Waals surface area contributed by atoms with E-state index in [4.69, 9.17) is 27.8 Å². The first-order chi connectivity index (χ1) is 21.8. The maximum Gasteiger partial charge on any atom is 0.477 e. The van der Waals surface area contributed by atoms with Crippen molar-refractivity contribution in [1.29, 1.82) is 0 Å². The van der Waals surface area contributed by atoms with E-state index in [0.29, 0.717) is 5.56 Å². The monoisotopic (exact) mass is 742 g/mol. The summed E-state index contributed by atoms with van der Waals surface area (Å²) in [5, 5.41) is 0. The highest BCUT2D eigenvalue weighted by atomic mass is 127. The van der Waals surface area contributed by atoms with Gasteiger partial charge in [0.15, 0.2) is 12.2 Å². The fourth-order valence-electron chi connectivity index (χ4n) is 4.52. The van der Waals surface area contributed by atoms with Crippen LogP contribution in [0.4, 0.5) is 0 Å². The Kier molecular flexibility index (Phi) is 11.6. The van der Waals surface area contributed by atoms with Gasteiger partial charge in [-0.25, -0.2) is 14.2 Å². The average Bonchev–Trinajstić information content (AvgIpc) is 3.08. The predicted molar refractivity (Wildman–Crippen MR) is 175 cm³/mol. The number of rotatable bonds is 12. The quantitative estimate of drug-likeness (QED) is 0.0630. The summed E-state index contributed by atoms with van der Waals surface area (Å²) in [6, 6.07) is 35.0. The Morgan fingerprint density at radius 3 is 1.51 bits per heavy atom. The molecular weight excluding hydrogens is 710 g/mol. The molecule has 1 saturated heterocycles. The van der Waals surface area contributed by atoms with Crippen LogP contribution in [0.3, 0.4) is 0 Å². The smallest absolute Gasteiger partial charge is 0.453 e. The van der Waals surface area contributed by atoms with Crippen molar-refractivity contribution in [3.63, 3.8) is 0 Å². The number of carbonyl (C=O) groups is 2. The van der Waals surface area contributed by atoms with E-state index in [1.54, 1.807) is 67.6 Å². The number of phosphoric acid groups is 1. The lowest BCUT2D eigenvalue weighted by Crippen LogP contribution is -2.58. The molecule has 0 aromatic heterocycles. The molecular formula is C34H32IO9P. The van der Waals surface area contributed by atoms with Gasteiger partial charge in [0.1, 0.15) is 0 Å². The van der Waals surface area contributed by atoms with Gasteiger partial charge in [-0.2, -0.15) is 0 Å². The number of hydrogen-bond acceptors (Lipinski definition) is 9. The van der Waals surface area contributed by atoms with E-state index in [9.17, 15) is 14.2 Å². The van der Waals surface area contributed by atoms with Crippen molar-refractivity contribution in [2.45, 2.75) is 48.7 Å². The molecule has 0 spiro atoms. The van der Waals surface area contributed by atoms with Crippen molar-refractivity contribution in [1.82, 2.24) is 0 Å². The van der Waals surface area contributed by atoms with Gasteiger partial charge >= 0.3 is 19.8 Å². The lowest BCUT2D eigenvalue weighted by atomic mass is 10.0. The first-order valence-electron chi connectivity index (χ1n) is 14.3. The molecule has 9 nitrogen and oxygen atoms in total. The summed E-state index contributed by atoms with van der Waals surface area (Å²) in [6.45, 7) is 1.57. The fourth-order valence-corrected chi connectivity index (χ4v) is 6.48. The van der Waals surface area contributed by atoms with Crippen LogP contribution in [-0.4, -0.2) is 40.5 Å². The minimum atomic E-state index is -4.40. The lowest BCUT2D eigenvalue weighted by Gasteiger charge is -2.42. The Bertz CT molecular complexity index is 1530. The molecule has 234 valence electrons. The van der Waals surface area contributed by atoms with Crippen molar-refractivity contribution in [2.24, 2.45) is 0 Å². The lowest BCUT2D eigenvalue weighted by molar-refractivity contribution is -0.232. The fraction of sp³-hybridized carbons (Fsp3) is 0.235. The molecule has 0 radical (unpaired) electrons. The maximum absolute atomic E-state index is 14.3. The van der Waals surface area contributed by atoms with E-state index < -0.39 is 48.3 Å². The highest BCUT2D eigenvalue weighted by molar-refractivity contribution is 14.1. The second-order valence-corrected chi connectivity index (χ2v) is 13.3. The summed E-state index contributed by atoms with van der Waals surface area (Å²) in [5.74, 6) is -1.33. The van der Waals surface area contributed by atoms with Crippen molar-refractivity contribution in [2.75, 3.05) is 0 Å². The van der Waals surface area contributed by atoms with Gasteiger partial charge in [-0.05, 0) is 42.3 Å². The number of esters is 2. The number of phosphoric ester groups is 1. The van der Waals surface area contributed by atoms with Crippen LogP contribution in [0.1, 0.15) is 38.8 Å². The molecule has 4 aromatic rings. The molecule has 4 aromatic carbocycles. The van der Waals surface area contributed by atoms with Gasteiger partial charge in [0.25, 0.3) is 0 Å². The van der Waals surface area contributed by atoms with Crippen LogP contribution in [0, 0.1) is 0 Å². The molecule has 1 heterocycles. The van der Waals surface area contributed by atoms with Crippen LogP contribution in [0.2, 0.25) is 0 Å². The minimum Gasteiger partial charge on any atom is -0.453 e. The SMILES string of the molecule is C[C@@H]1O[C@H](OP(=O)(OCc2ccccc2)OCc2ccccc2)[C@@H](OC(=O)c2ccccc2)[C@H](OC(=O)c2ccccc2)[C@H]1I. The number of carbonyl (C=O) groups excluding carboxylic acids is 2. The first-order valence-corrected chi connectivity index (χ1v) is 17.0. The second-order valence-electron chi connectivity index (χ2n) is 10.2. The predicted octanol–water partition coefficient (Wildman–Crippen LogP) is 7.54. The van der Waals surface area contributed by atoms with Crippen LogP contribution in [0.5, 0.6) is 0 Å². The van der Waals surface area contributed by atoms with Gasteiger partial charge in [0.2, 0.25) is 6.29 Å². The highest BCUT2D eigenvalue weighted by Crippen LogP contribution is 2.54. The van der Waals surface area contributed by atoms with Crippen LogP contribution in [0.15, 0.2) is 121 Å². The van der Waals surface area contributed by atoms with E-state index in [0.717, 1.165) is 11.1 Å². The molecule has 1 aliphatic heterocycles. The molecule has 0 unspecified atom stereocenters. The standard InChI is InChI=1S/C34H32IO9P/c1-24-29(35)30(42-32(36)27-18-10-4-11-19-27)31(43-33(37)28-20-12-5-13-21-28)34(41-24)44-45(38,39-22-25-14-6-2-7-15-25)40-23-26-16-8-3-9-17-26/h2-21,24,29-31,34H,22-23H2,1H3/t24-,29-,30+,31-,34+/m0/s1. The Morgan fingerprint density at radius 2 is 1.07 bits per heavy atom. The molecule has 5 atom stereocenters. The van der Waals surface area contributed by atoms with Crippen LogP contribution >= 0.6 is 30.4 Å². The zero-order valence-electron chi connectivity index (χ0n) is 24.3. The van der Waals surface area contributed by atoms with Crippen LogP contribution < -0.4 is 0 Å². The van der Waals surface area contributed by atoms with Gasteiger partial charge in [-0.3, -0.25) is 13.6 Å². The summed E-state index contributed by atoms with van der Waals surface area (Å²) < 4.78 is 49.5. The maximum atomic E-state index is 14.3. The highest BCUT2D eigenvalue weighted by Gasteiger charge is 2.51. The first kappa shape index (κ1) is 33.0. The third kappa shape index (κ3) is 9.09. The average molecular weight is 742 g/mol. The third-order valence-corrected chi connectivity index (χ3v) is 9.98. The molecule has 0 amide bonds. The van der Waals surface area contributed by atoms with Gasteiger partial charge in [0.05, 0.1) is 34.4 Å². The largest absolute Gasteiger partial charge is 0.477 e. The molecule has 0 aliphatic carbocycles. The van der Waals surface area contributed by atoms with Gasteiger partial charge in [-0.15, -0.1) is 0 Å². The molecule has 45 heavy (non-hydrogen) atoms. The third-order valence-electron chi connectivity index (χ3n) is 6.91. The van der Waals surface area contributed by atoms with Gasteiger partial charge < -0.3 is 14.2 Å². The van der Waals surface area contributed by atoms with E-state index in [-0.39, 0.29) is 18.8 Å². The Hall–Kier alpha value is -3.38. The summed E-state index contributed by atoms with van der Waals surface area (Å²) >= 11 is 2.09. The molecule has 5 rings (SSSR count). The topological polar surface area (TPSA) is 107 Å². The molecule has 11 heteroatoms. The Balaban J connectivity index is 1.45. The van der Waals surface area contributed by atoms with Crippen molar-refractivity contribution >= 4 is 42.4 Å². The number of halogens is 1. The number of benzene rings is 4. The zero-order chi connectivity index (χ0) is 31.6. The summed E-state index contributed by atoms with van der Waals surface area (Å²) in [7, 11) is -4.40.